The van der Waals surface area contributed by atoms with Gasteiger partial charge in [0, 0.05) is 29.1 Å². The van der Waals surface area contributed by atoms with Crippen molar-refractivity contribution in [3.8, 4) is 0 Å². The number of nitrogens with zero attached hydrogens (tertiary/aromatic N) is 6. The van der Waals surface area contributed by atoms with Crippen LogP contribution in [0.2, 0.25) is 0 Å². The van der Waals surface area contributed by atoms with Gasteiger partial charge in [-0.3, -0.25) is 0 Å². The van der Waals surface area contributed by atoms with E-state index >= 15 is 0 Å². The largest absolute Gasteiger partial charge is 0.248 e. The number of aromatic nitrogens is 6. The highest BCUT2D eigenvalue weighted by Crippen LogP contribution is 2.03. The van der Waals surface area contributed by atoms with Crippen LogP contribution in [0.5, 0.6) is 0 Å². The molecule has 0 N–H and O–H groups in total. The Morgan fingerprint density at radius 1 is 1.38 bits per heavy atom. The Labute approximate surface area is 107 Å². The van der Waals surface area contributed by atoms with Crippen LogP contribution in [0.15, 0.2) is 12.7 Å². The summed E-state index contributed by atoms with van der Waals surface area (Å²) < 4.78 is 4.43. The maximum absolute atomic E-state index is 4.23. The average molecular weight is 332 g/mol. The van der Waals surface area contributed by atoms with Crippen LogP contribution in [0.25, 0.3) is 0 Å². The summed E-state index contributed by atoms with van der Waals surface area (Å²) in [7, 11) is 0. The minimum Gasteiger partial charge on any atom is -0.248 e. The molecule has 0 bridgehead atoms. The average Bonchev–Trinajstić information content (AvgIpc) is 2.77. The van der Waals surface area contributed by atoms with Crippen molar-refractivity contribution >= 4 is 22.6 Å². The molecule has 16 heavy (non-hydrogen) atoms. The van der Waals surface area contributed by atoms with E-state index in [1.54, 1.807) is 17.3 Å². The molecule has 0 aliphatic carbocycles. The van der Waals surface area contributed by atoms with Gasteiger partial charge in [-0.2, -0.15) is 5.10 Å². The third-order valence-electron chi connectivity index (χ3n) is 2.05. The molecule has 0 amide bonds. The van der Waals surface area contributed by atoms with E-state index in [0.717, 1.165) is 16.2 Å². The summed E-state index contributed by atoms with van der Waals surface area (Å²) >= 11 is 2.08. The second-order valence-corrected chi connectivity index (χ2v) is 4.93. The van der Waals surface area contributed by atoms with Crippen molar-refractivity contribution in [2.24, 2.45) is 5.92 Å². The van der Waals surface area contributed by atoms with E-state index in [0.29, 0.717) is 12.5 Å². The maximum atomic E-state index is 4.23. The SMILES string of the molecule is CC(C)Cn1ncnc1Cn1cnc(I)n1. The molecule has 0 aliphatic rings. The monoisotopic (exact) mass is 332 g/mol. The van der Waals surface area contributed by atoms with Gasteiger partial charge in [0.2, 0.25) is 3.83 Å². The standard InChI is InChI=1S/C9H13IN6/c1-7(2)3-16-8(11-5-13-16)4-15-6-12-9(10)14-15/h5-7H,3-4H2,1-2H3. The van der Waals surface area contributed by atoms with Gasteiger partial charge in [-0.05, 0) is 5.92 Å². The Morgan fingerprint density at radius 3 is 2.81 bits per heavy atom. The quantitative estimate of drug-likeness (QED) is 0.789. The highest BCUT2D eigenvalue weighted by Gasteiger charge is 2.07. The van der Waals surface area contributed by atoms with Crippen molar-refractivity contribution < 1.29 is 0 Å². The summed E-state index contributed by atoms with van der Waals surface area (Å²) in [5, 5.41) is 8.42. The molecule has 0 radical (unpaired) electrons. The third kappa shape index (κ3) is 2.77. The molecule has 2 aromatic rings. The number of halogens is 1. The van der Waals surface area contributed by atoms with Crippen LogP contribution in [0.4, 0.5) is 0 Å². The predicted octanol–water partition coefficient (Wildman–Crippen LogP) is 1.18. The van der Waals surface area contributed by atoms with Crippen LogP contribution < -0.4 is 0 Å². The Morgan fingerprint density at radius 2 is 2.19 bits per heavy atom. The lowest BCUT2D eigenvalue weighted by Crippen LogP contribution is -2.13. The fraction of sp³-hybridized carbons (Fsp3) is 0.556. The molecular formula is C9H13IN6. The molecule has 86 valence electrons. The highest BCUT2D eigenvalue weighted by atomic mass is 127. The van der Waals surface area contributed by atoms with Crippen LogP contribution in [-0.2, 0) is 13.1 Å². The van der Waals surface area contributed by atoms with E-state index < -0.39 is 0 Å². The van der Waals surface area contributed by atoms with Gasteiger partial charge in [-0.1, -0.05) is 13.8 Å². The van der Waals surface area contributed by atoms with Gasteiger partial charge < -0.3 is 0 Å². The molecule has 0 saturated carbocycles. The van der Waals surface area contributed by atoms with Crippen molar-refractivity contribution in [3.05, 3.63) is 22.3 Å². The van der Waals surface area contributed by atoms with Crippen LogP contribution in [0, 0.1) is 9.75 Å². The van der Waals surface area contributed by atoms with Gasteiger partial charge in [0.25, 0.3) is 0 Å². The van der Waals surface area contributed by atoms with Crippen LogP contribution in [0.3, 0.4) is 0 Å². The van der Waals surface area contributed by atoms with Gasteiger partial charge in [-0.25, -0.2) is 19.3 Å². The predicted molar refractivity (Wildman–Crippen MR) is 66.7 cm³/mol. The Hall–Kier alpha value is -0.990. The van der Waals surface area contributed by atoms with Crippen LogP contribution >= 0.6 is 22.6 Å². The van der Waals surface area contributed by atoms with Gasteiger partial charge >= 0.3 is 0 Å². The lowest BCUT2D eigenvalue weighted by atomic mass is 10.2. The molecule has 2 rings (SSSR count). The molecule has 0 unspecified atom stereocenters. The lowest BCUT2D eigenvalue weighted by Gasteiger charge is -2.07. The molecule has 2 heterocycles. The molecule has 6 nitrogen and oxygen atoms in total. The molecule has 0 aromatic carbocycles. The zero-order chi connectivity index (χ0) is 11.5. The van der Waals surface area contributed by atoms with Gasteiger partial charge in [-0.15, -0.1) is 5.10 Å². The normalized spacial score (nSPS) is 11.2. The smallest absolute Gasteiger partial charge is 0.211 e. The van der Waals surface area contributed by atoms with Crippen molar-refractivity contribution in [3.63, 3.8) is 0 Å². The van der Waals surface area contributed by atoms with Gasteiger partial charge in [0.1, 0.15) is 25.0 Å². The van der Waals surface area contributed by atoms with E-state index in [4.69, 9.17) is 0 Å². The fourth-order valence-electron chi connectivity index (χ4n) is 1.40. The van der Waals surface area contributed by atoms with Crippen LogP contribution in [-0.4, -0.2) is 29.5 Å². The van der Waals surface area contributed by atoms with Gasteiger partial charge in [0.15, 0.2) is 0 Å². The Kier molecular flexibility index (Phi) is 3.52. The minimum absolute atomic E-state index is 0.552. The Balaban J connectivity index is 2.12. The first kappa shape index (κ1) is 11.5. The van der Waals surface area contributed by atoms with E-state index in [-0.39, 0.29) is 0 Å². The summed E-state index contributed by atoms with van der Waals surface area (Å²) in [6.07, 6.45) is 3.29. The van der Waals surface area contributed by atoms with E-state index in [1.165, 1.54) is 0 Å². The second-order valence-electron chi connectivity index (χ2n) is 3.96. The van der Waals surface area contributed by atoms with Crippen molar-refractivity contribution in [1.82, 2.24) is 29.5 Å². The summed E-state index contributed by atoms with van der Waals surface area (Å²) in [6.45, 7) is 5.80. The molecule has 0 saturated heterocycles. The number of rotatable bonds is 4. The number of hydrogen-bond acceptors (Lipinski definition) is 4. The molecule has 0 spiro atoms. The van der Waals surface area contributed by atoms with Crippen LogP contribution in [0.1, 0.15) is 19.7 Å². The first-order valence-corrected chi connectivity index (χ1v) is 6.14. The molecule has 2 aromatic heterocycles. The topological polar surface area (TPSA) is 61.4 Å². The summed E-state index contributed by atoms with van der Waals surface area (Å²) in [5.74, 6) is 1.46. The Bertz CT molecular complexity index is 460. The highest BCUT2D eigenvalue weighted by molar-refractivity contribution is 14.1. The second kappa shape index (κ2) is 4.89. The van der Waals surface area contributed by atoms with Crippen molar-refractivity contribution in [1.29, 1.82) is 0 Å². The zero-order valence-electron chi connectivity index (χ0n) is 9.21. The van der Waals surface area contributed by atoms with E-state index in [9.17, 15) is 0 Å². The molecule has 0 atom stereocenters. The maximum Gasteiger partial charge on any atom is 0.211 e. The number of hydrogen-bond donors (Lipinski definition) is 0. The molecule has 0 fully saturated rings. The van der Waals surface area contributed by atoms with Crippen molar-refractivity contribution in [2.45, 2.75) is 26.9 Å². The first-order chi connectivity index (χ1) is 7.65. The summed E-state index contributed by atoms with van der Waals surface area (Å²) in [6, 6.07) is 0. The summed E-state index contributed by atoms with van der Waals surface area (Å²) in [4.78, 5) is 8.30. The zero-order valence-corrected chi connectivity index (χ0v) is 11.4. The minimum atomic E-state index is 0.552. The molecule has 0 aliphatic heterocycles. The fourth-order valence-corrected chi connectivity index (χ4v) is 1.80. The molecular weight excluding hydrogens is 319 g/mol. The van der Waals surface area contributed by atoms with E-state index in [1.807, 2.05) is 4.68 Å². The van der Waals surface area contributed by atoms with Crippen molar-refractivity contribution in [2.75, 3.05) is 0 Å². The first-order valence-electron chi connectivity index (χ1n) is 5.07. The third-order valence-corrected chi connectivity index (χ3v) is 2.54. The molecule has 7 heteroatoms. The summed E-state index contributed by atoms with van der Waals surface area (Å²) in [5.41, 5.74) is 0. The lowest BCUT2D eigenvalue weighted by molar-refractivity contribution is 0.456. The van der Waals surface area contributed by atoms with E-state index in [2.05, 4.69) is 56.6 Å². The van der Waals surface area contributed by atoms with Gasteiger partial charge in [0.05, 0.1) is 0 Å².